The van der Waals surface area contributed by atoms with Crippen molar-refractivity contribution in [1.82, 2.24) is 0 Å². The Morgan fingerprint density at radius 2 is 1.04 bits per heavy atom. The van der Waals surface area contributed by atoms with Crippen molar-refractivity contribution < 1.29 is 18.6 Å². The molecule has 6 heteroatoms. The molecule has 142 valence electrons. The van der Waals surface area contributed by atoms with Gasteiger partial charge in [-0.3, -0.25) is 0 Å². The molecule has 6 aliphatic carbocycles. The maximum Gasteiger partial charge on any atom is 0.488 e. The van der Waals surface area contributed by atoms with E-state index >= 15 is 0 Å². The molecule has 2 aliphatic heterocycles. The maximum atomic E-state index is 6.52. The molecule has 0 aromatic rings. The van der Waals surface area contributed by atoms with Crippen LogP contribution in [0.2, 0.25) is 0 Å². The minimum absolute atomic E-state index is 0.170. The molecule has 8 fully saturated rings. The molecule has 6 saturated carbocycles. The fourth-order valence-corrected chi connectivity index (χ4v) is 7.72. The summed E-state index contributed by atoms with van der Waals surface area (Å²) in [5, 5.41) is 0. The quantitative estimate of drug-likeness (QED) is 0.673. The molecule has 8 rings (SSSR count). The Balaban J connectivity index is 1.23. The van der Waals surface area contributed by atoms with Crippen LogP contribution in [0.25, 0.3) is 0 Å². The molecule has 0 aromatic carbocycles. The van der Waals surface area contributed by atoms with E-state index in [2.05, 4.69) is 41.5 Å². The molecule has 4 nitrogen and oxygen atoms in total. The summed E-state index contributed by atoms with van der Waals surface area (Å²) in [5.41, 5.74) is 0.420. The van der Waals surface area contributed by atoms with Crippen LogP contribution >= 0.6 is 0 Å². The van der Waals surface area contributed by atoms with Crippen LogP contribution in [0, 0.1) is 34.5 Å². The van der Waals surface area contributed by atoms with Gasteiger partial charge in [0.1, 0.15) is 0 Å². The minimum Gasteiger partial charge on any atom is -0.407 e. The van der Waals surface area contributed by atoms with Crippen LogP contribution < -0.4 is 0 Å². The second-order valence-electron chi connectivity index (χ2n) is 11.8. The molecular weight excluding hydrogens is 326 g/mol. The summed E-state index contributed by atoms with van der Waals surface area (Å²) in [6.07, 6.45) is 5.13. The normalized spacial score (nSPS) is 57.9. The highest BCUT2D eigenvalue weighted by atomic mass is 16.7. The fourth-order valence-electron chi connectivity index (χ4n) is 7.72. The molecule has 0 N–H and O–H groups in total. The Bertz CT molecular complexity index is 612. The summed E-state index contributed by atoms with van der Waals surface area (Å²) in [5.74, 6) is 2.72. The van der Waals surface area contributed by atoms with E-state index in [1.807, 2.05) is 0 Å². The molecule has 26 heavy (non-hydrogen) atoms. The molecule has 4 bridgehead atoms. The van der Waals surface area contributed by atoms with Gasteiger partial charge < -0.3 is 18.6 Å². The van der Waals surface area contributed by atoms with Crippen molar-refractivity contribution in [2.75, 3.05) is 0 Å². The van der Waals surface area contributed by atoms with Gasteiger partial charge in [0, 0.05) is 0 Å². The van der Waals surface area contributed by atoms with E-state index in [0.29, 0.717) is 22.7 Å². The third-order valence-electron chi connectivity index (χ3n) is 9.89. The van der Waals surface area contributed by atoms with E-state index < -0.39 is 0 Å². The van der Waals surface area contributed by atoms with Gasteiger partial charge in [-0.15, -0.1) is 0 Å². The van der Waals surface area contributed by atoms with Crippen LogP contribution in [0.1, 0.15) is 67.2 Å². The van der Waals surface area contributed by atoms with Crippen molar-refractivity contribution in [2.24, 2.45) is 34.5 Å². The van der Waals surface area contributed by atoms with Gasteiger partial charge >= 0.3 is 14.0 Å². The lowest BCUT2D eigenvalue weighted by atomic mass is 9.45. The monoisotopic (exact) mass is 358 g/mol. The smallest absolute Gasteiger partial charge is 0.407 e. The van der Waals surface area contributed by atoms with Crippen LogP contribution in [0.5, 0.6) is 0 Å². The number of rotatable bonds is 1. The third kappa shape index (κ3) is 1.79. The topological polar surface area (TPSA) is 36.9 Å². The lowest BCUT2D eigenvalue weighted by Gasteiger charge is -2.63. The lowest BCUT2D eigenvalue weighted by molar-refractivity contribution is -0.185. The molecule has 8 atom stereocenters. The lowest BCUT2D eigenvalue weighted by Crippen LogP contribution is -2.63. The summed E-state index contributed by atoms with van der Waals surface area (Å²) in [6.45, 7) is 14.1. The molecule has 0 radical (unpaired) electrons. The highest BCUT2D eigenvalue weighted by Crippen LogP contribution is 2.66. The Labute approximate surface area is 158 Å². The zero-order valence-corrected chi connectivity index (χ0v) is 17.1. The predicted molar refractivity (Wildman–Crippen MR) is 100 cm³/mol. The van der Waals surface area contributed by atoms with Crippen LogP contribution in [0.4, 0.5) is 0 Å². The Hall–Kier alpha value is -0.0301. The van der Waals surface area contributed by atoms with Gasteiger partial charge in [0.25, 0.3) is 0 Å². The van der Waals surface area contributed by atoms with E-state index in [9.17, 15) is 0 Å². The molecule has 2 saturated heterocycles. The SMILES string of the molecule is CC1(C)[C@H]2C[C@@H]1[C@@H]1OB(B3O[C@H]4[C@H]5C[C@@H](C[C@@]4(C)O3)C5(C)C)O[C@]1(C)C2. The van der Waals surface area contributed by atoms with Crippen molar-refractivity contribution in [3.8, 4) is 0 Å². The third-order valence-corrected chi connectivity index (χ3v) is 9.89. The predicted octanol–water partition coefficient (Wildman–Crippen LogP) is 3.52. The molecule has 0 amide bonds. The highest BCUT2D eigenvalue weighted by molar-refractivity contribution is 7.11. The molecule has 2 heterocycles. The minimum atomic E-state index is -0.372. The van der Waals surface area contributed by atoms with Crippen LogP contribution in [0.3, 0.4) is 0 Å². The van der Waals surface area contributed by atoms with Gasteiger partial charge in [-0.2, -0.15) is 0 Å². The van der Waals surface area contributed by atoms with E-state index in [-0.39, 0.29) is 37.4 Å². The van der Waals surface area contributed by atoms with Gasteiger partial charge in [-0.05, 0) is 74.0 Å². The first-order valence-electron chi connectivity index (χ1n) is 10.7. The van der Waals surface area contributed by atoms with Gasteiger partial charge in [0.2, 0.25) is 0 Å². The van der Waals surface area contributed by atoms with Crippen molar-refractivity contribution in [1.29, 1.82) is 0 Å². The summed E-state index contributed by atoms with van der Waals surface area (Å²) < 4.78 is 26.1. The van der Waals surface area contributed by atoms with Crippen LogP contribution in [0.15, 0.2) is 0 Å². The second-order valence-corrected chi connectivity index (χ2v) is 11.8. The summed E-state index contributed by atoms with van der Waals surface area (Å²) >= 11 is 0. The fraction of sp³-hybridized carbons (Fsp3) is 1.00. The average molecular weight is 358 g/mol. The Morgan fingerprint density at radius 3 is 1.38 bits per heavy atom. The Kier molecular flexibility index (Phi) is 2.97. The summed E-state index contributed by atoms with van der Waals surface area (Å²) in [4.78, 5) is 0. The van der Waals surface area contributed by atoms with Gasteiger partial charge in [0.05, 0.1) is 23.4 Å². The van der Waals surface area contributed by atoms with E-state index in [1.165, 1.54) is 12.8 Å². The molecule has 0 unspecified atom stereocenters. The van der Waals surface area contributed by atoms with Crippen LogP contribution in [-0.4, -0.2) is 37.4 Å². The van der Waals surface area contributed by atoms with Crippen LogP contribution in [-0.2, 0) is 18.6 Å². The average Bonchev–Trinajstić information content (AvgIpc) is 3.10. The van der Waals surface area contributed by atoms with E-state index in [1.54, 1.807) is 0 Å². The van der Waals surface area contributed by atoms with Gasteiger partial charge in [-0.1, -0.05) is 27.7 Å². The van der Waals surface area contributed by atoms with Gasteiger partial charge in [0.15, 0.2) is 0 Å². The standard InChI is InChI=1S/C20H32B2O4/c1-17(2)11-7-13(17)15-19(5,9-11)25-21(23-15)22-24-16-14-8-12(18(14,3)4)10-20(16,6)26-22/h11-16H,7-10H2,1-6H3/t11-,12-,13+,14+,15-,16-,19+,20+/m0/s1. The first-order chi connectivity index (χ1) is 12.0. The first-order valence-corrected chi connectivity index (χ1v) is 10.7. The van der Waals surface area contributed by atoms with E-state index in [0.717, 1.165) is 24.7 Å². The molecule has 0 aromatic heterocycles. The second kappa shape index (κ2) is 4.58. The van der Waals surface area contributed by atoms with Crippen molar-refractivity contribution in [3.05, 3.63) is 0 Å². The number of hydrogen-bond acceptors (Lipinski definition) is 4. The van der Waals surface area contributed by atoms with Crippen molar-refractivity contribution >= 4 is 14.0 Å². The zero-order valence-electron chi connectivity index (χ0n) is 17.1. The highest BCUT2D eigenvalue weighted by Gasteiger charge is 2.72. The number of hydrogen-bond donors (Lipinski definition) is 0. The van der Waals surface area contributed by atoms with E-state index in [4.69, 9.17) is 18.6 Å². The largest absolute Gasteiger partial charge is 0.488 e. The van der Waals surface area contributed by atoms with Crippen molar-refractivity contribution in [3.63, 3.8) is 0 Å². The molecule has 0 spiro atoms. The van der Waals surface area contributed by atoms with Gasteiger partial charge in [-0.25, -0.2) is 0 Å². The maximum absolute atomic E-state index is 6.52. The molecule has 8 aliphatic rings. The van der Waals surface area contributed by atoms with Crippen molar-refractivity contribution in [2.45, 2.75) is 90.6 Å². The Morgan fingerprint density at radius 1 is 0.654 bits per heavy atom. The summed E-state index contributed by atoms with van der Waals surface area (Å²) in [7, 11) is -0.745. The first kappa shape index (κ1) is 16.9. The summed E-state index contributed by atoms with van der Waals surface area (Å²) in [6, 6.07) is 0. The molecular formula is C20H32B2O4. The zero-order chi connectivity index (χ0) is 18.3.